The Kier molecular flexibility index (Phi) is 9.01. The van der Waals surface area contributed by atoms with Gasteiger partial charge in [0.25, 0.3) is 0 Å². The lowest BCUT2D eigenvalue weighted by Gasteiger charge is -2.26. The molecule has 178 valence electrons. The van der Waals surface area contributed by atoms with Crippen LogP contribution in [-0.2, 0) is 0 Å². The van der Waals surface area contributed by atoms with Gasteiger partial charge < -0.3 is 29.0 Å². The van der Waals surface area contributed by atoms with Crippen LogP contribution in [0.1, 0.15) is 41.6 Å². The molecule has 1 aliphatic rings. The van der Waals surface area contributed by atoms with Gasteiger partial charge in [-0.1, -0.05) is 18.6 Å². The van der Waals surface area contributed by atoms with Gasteiger partial charge in [0.15, 0.2) is 17.3 Å². The molecular formula is C26H33NO6. The van der Waals surface area contributed by atoms with Gasteiger partial charge in [-0.15, -0.1) is 0 Å². The number of hydrogen-bond donors (Lipinski definition) is 1. The molecule has 0 radical (unpaired) electrons. The van der Waals surface area contributed by atoms with Crippen LogP contribution in [0.3, 0.4) is 0 Å². The number of piperidine rings is 1. The van der Waals surface area contributed by atoms with Gasteiger partial charge in [0.1, 0.15) is 22.8 Å². The van der Waals surface area contributed by atoms with Crippen molar-refractivity contribution in [1.29, 1.82) is 0 Å². The molecular weight excluding hydrogens is 422 g/mol. The summed E-state index contributed by atoms with van der Waals surface area (Å²) in [5.74, 6) is 1.34. The number of methoxy groups -OCH3 is 3. The average Bonchev–Trinajstić information content (AvgIpc) is 2.85. The van der Waals surface area contributed by atoms with Gasteiger partial charge in [-0.05, 0) is 56.1 Å². The van der Waals surface area contributed by atoms with Crippen molar-refractivity contribution >= 4 is 11.9 Å². The van der Waals surface area contributed by atoms with Crippen LogP contribution in [0.25, 0.3) is 6.08 Å². The molecule has 7 nitrogen and oxygen atoms in total. The number of ether oxygens (including phenoxy) is 4. The summed E-state index contributed by atoms with van der Waals surface area (Å²) in [6, 6.07) is 8.45. The van der Waals surface area contributed by atoms with Crippen LogP contribution in [0.5, 0.6) is 28.7 Å². The third-order valence-electron chi connectivity index (χ3n) is 5.70. The number of allylic oxidation sites excluding steroid dienone is 1. The molecule has 0 bridgehead atoms. The van der Waals surface area contributed by atoms with Crippen molar-refractivity contribution in [1.82, 2.24) is 4.90 Å². The van der Waals surface area contributed by atoms with Gasteiger partial charge in [0, 0.05) is 18.7 Å². The molecule has 0 atom stereocenters. The van der Waals surface area contributed by atoms with Gasteiger partial charge in [0.05, 0.1) is 27.9 Å². The summed E-state index contributed by atoms with van der Waals surface area (Å²) < 4.78 is 21.8. The number of phenolic OH excluding ortho intramolecular Hbond substituents is 1. The molecule has 0 aliphatic carbocycles. The second-order valence-corrected chi connectivity index (χ2v) is 7.94. The number of carbonyl (C=O) groups is 1. The molecule has 2 aromatic rings. The second kappa shape index (κ2) is 12.2. The Balaban J connectivity index is 1.62. The zero-order chi connectivity index (χ0) is 23.6. The molecule has 1 aliphatic heterocycles. The number of phenols is 1. The summed E-state index contributed by atoms with van der Waals surface area (Å²) in [5, 5.41) is 10.3. The summed E-state index contributed by atoms with van der Waals surface area (Å²) in [6.07, 6.45) is 7.93. The number of likely N-dealkylation sites (tertiary alicyclic amines) is 1. The summed E-state index contributed by atoms with van der Waals surface area (Å²) in [6.45, 7) is 4.04. The lowest BCUT2D eigenvalue weighted by Crippen LogP contribution is -2.31. The summed E-state index contributed by atoms with van der Waals surface area (Å²) in [5.41, 5.74) is 0.850. The lowest BCUT2D eigenvalue weighted by atomic mass is 10.1. The van der Waals surface area contributed by atoms with Gasteiger partial charge in [0.2, 0.25) is 0 Å². The van der Waals surface area contributed by atoms with Crippen LogP contribution in [0.2, 0.25) is 0 Å². The molecule has 0 spiro atoms. The summed E-state index contributed by atoms with van der Waals surface area (Å²) >= 11 is 0. The van der Waals surface area contributed by atoms with Crippen molar-refractivity contribution in [3.8, 4) is 28.7 Å². The minimum absolute atomic E-state index is 0.0789. The number of carbonyl (C=O) groups excluding carboxylic acids is 1. The Hall–Kier alpha value is -3.19. The van der Waals surface area contributed by atoms with Crippen molar-refractivity contribution in [2.75, 3.05) is 47.6 Å². The first kappa shape index (κ1) is 24.5. The zero-order valence-corrected chi connectivity index (χ0v) is 19.6. The van der Waals surface area contributed by atoms with Crippen LogP contribution in [0.4, 0.5) is 0 Å². The Morgan fingerprint density at radius 2 is 1.73 bits per heavy atom. The minimum Gasteiger partial charge on any atom is -0.507 e. The van der Waals surface area contributed by atoms with Crippen LogP contribution >= 0.6 is 0 Å². The van der Waals surface area contributed by atoms with Crippen molar-refractivity contribution in [2.45, 2.75) is 25.7 Å². The molecule has 1 saturated heterocycles. The Bertz CT molecular complexity index is 965. The monoisotopic (exact) mass is 455 g/mol. The SMILES string of the molecule is COc1cc(O)c(C(=O)/C=C/c2ccc(OCCCN3CCCCC3)c(OC)c2)c(OC)c1. The number of nitrogens with zero attached hydrogens (tertiary/aromatic N) is 1. The molecule has 2 aromatic carbocycles. The Morgan fingerprint density at radius 1 is 0.970 bits per heavy atom. The molecule has 33 heavy (non-hydrogen) atoms. The molecule has 3 rings (SSSR count). The van der Waals surface area contributed by atoms with E-state index < -0.39 is 0 Å². The fraction of sp³-hybridized carbons (Fsp3) is 0.423. The largest absolute Gasteiger partial charge is 0.507 e. The van der Waals surface area contributed by atoms with Gasteiger partial charge >= 0.3 is 0 Å². The highest BCUT2D eigenvalue weighted by molar-refractivity contribution is 6.10. The fourth-order valence-electron chi connectivity index (χ4n) is 3.92. The van der Waals surface area contributed by atoms with E-state index in [0.29, 0.717) is 23.9 Å². The first-order chi connectivity index (χ1) is 16.0. The maximum absolute atomic E-state index is 12.7. The first-order valence-electron chi connectivity index (χ1n) is 11.3. The number of aromatic hydroxyl groups is 1. The van der Waals surface area contributed by atoms with Gasteiger partial charge in [-0.2, -0.15) is 0 Å². The Labute approximate surface area is 195 Å². The van der Waals surface area contributed by atoms with Crippen molar-refractivity contribution in [3.63, 3.8) is 0 Å². The summed E-state index contributed by atoms with van der Waals surface area (Å²) in [4.78, 5) is 15.2. The van der Waals surface area contributed by atoms with Crippen LogP contribution in [0.15, 0.2) is 36.4 Å². The van der Waals surface area contributed by atoms with E-state index in [1.54, 1.807) is 19.3 Å². The normalized spacial score (nSPS) is 14.3. The highest BCUT2D eigenvalue weighted by Crippen LogP contribution is 2.34. The fourth-order valence-corrected chi connectivity index (χ4v) is 3.92. The maximum atomic E-state index is 12.7. The number of ketones is 1. The second-order valence-electron chi connectivity index (χ2n) is 7.94. The molecule has 0 saturated carbocycles. The predicted molar refractivity (Wildman–Crippen MR) is 128 cm³/mol. The molecule has 7 heteroatoms. The molecule has 1 N–H and O–H groups in total. The van der Waals surface area contributed by atoms with E-state index in [4.69, 9.17) is 18.9 Å². The Morgan fingerprint density at radius 3 is 2.42 bits per heavy atom. The molecule has 0 amide bonds. The van der Waals surface area contributed by atoms with E-state index >= 15 is 0 Å². The first-order valence-corrected chi connectivity index (χ1v) is 11.3. The van der Waals surface area contributed by atoms with Gasteiger partial charge in [-0.25, -0.2) is 0 Å². The predicted octanol–water partition coefficient (Wildman–Crippen LogP) is 4.57. The third kappa shape index (κ3) is 6.65. The minimum atomic E-state index is -0.385. The van der Waals surface area contributed by atoms with E-state index in [0.717, 1.165) is 18.5 Å². The quantitative estimate of drug-likeness (QED) is 0.302. The zero-order valence-electron chi connectivity index (χ0n) is 19.6. The highest BCUT2D eigenvalue weighted by atomic mass is 16.5. The number of rotatable bonds is 11. The molecule has 0 aromatic heterocycles. The van der Waals surface area contributed by atoms with Crippen LogP contribution in [0, 0.1) is 0 Å². The molecule has 1 fully saturated rings. The standard InChI is InChI=1S/C26H33NO6/c1-30-20-17-22(29)26(25(18-20)32-3)21(28)10-8-19-9-11-23(24(16-19)31-2)33-15-7-14-27-12-5-4-6-13-27/h8-11,16-18,29H,4-7,12-15H2,1-3H3/b10-8+. The third-order valence-corrected chi connectivity index (χ3v) is 5.70. The topological polar surface area (TPSA) is 77.5 Å². The van der Waals surface area contributed by atoms with E-state index in [9.17, 15) is 9.90 Å². The highest BCUT2D eigenvalue weighted by Gasteiger charge is 2.17. The van der Waals surface area contributed by atoms with Crippen molar-refractivity contribution in [3.05, 3.63) is 47.5 Å². The smallest absolute Gasteiger partial charge is 0.193 e. The molecule has 0 unspecified atom stereocenters. The van der Waals surface area contributed by atoms with E-state index in [2.05, 4.69) is 4.90 Å². The van der Waals surface area contributed by atoms with E-state index in [1.165, 1.54) is 58.7 Å². The van der Waals surface area contributed by atoms with Gasteiger partial charge in [-0.3, -0.25) is 4.79 Å². The maximum Gasteiger partial charge on any atom is 0.193 e. The van der Waals surface area contributed by atoms with E-state index in [-0.39, 0.29) is 22.8 Å². The summed E-state index contributed by atoms with van der Waals surface area (Å²) in [7, 11) is 4.50. The lowest BCUT2D eigenvalue weighted by molar-refractivity contribution is 0.104. The van der Waals surface area contributed by atoms with E-state index in [1.807, 2.05) is 18.2 Å². The van der Waals surface area contributed by atoms with Crippen LogP contribution < -0.4 is 18.9 Å². The van der Waals surface area contributed by atoms with Crippen molar-refractivity contribution in [2.24, 2.45) is 0 Å². The van der Waals surface area contributed by atoms with Crippen LogP contribution in [-0.4, -0.2) is 63.4 Å². The number of benzene rings is 2. The average molecular weight is 456 g/mol. The number of hydrogen-bond acceptors (Lipinski definition) is 7. The van der Waals surface area contributed by atoms with Crippen molar-refractivity contribution < 1.29 is 28.8 Å². The molecule has 1 heterocycles.